The summed E-state index contributed by atoms with van der Waals surface area (Å²) in [6.07, 6.45) is 0.891. The number of hydrogen-bond acceptors (Lipinski definition) is 3. The second kappa shape index (κ2) is 3.47. The van der Waals surface area contributed by atoms with Crippen LogP contribution >= 0.6 is 8.38 Å². The van der Waals surface area contributed by atoms with E-state index in [0.29, 0.717) is 12.5 Å². The highest BCUT2D eigenvalue weighted by Crippen LogP contribution is 2.44. The average molecular weight is 150 g/mol. The summed E-state index contributed by atoms with van der Waals surface area (Å²) in [4.78, 5) is 0. The Morgan fingerprint density at radius 3 is 3.00 bits per heavy atom. The van der Waals surface area contributed by atoms with Crippen molar-refractivity contribution in [2.75, 3.05) is 26.5 Å². The molecule has 1 saturated heterocycles. The van der Waals surface area contributed by atoms with Gasteiger partial charge in [-0.2, -0.15) is 0 Å². The zero-order valence-corrected chi connectivity index (χ0v) is 6.30. The minimum Gasteiger partial charge on any atom is -0.396 e. The molecule has 1 aliphatic rings. The first-order valence-electron chi connectivity index (χ1n) is 2.92. The van der Waals surface area contributed by atoms with Crippen molar-refractivity contribution >= 4 is 8.38 Å². The summed E-state index contributed by atoms with van der Waals surface area (Å²) >= 11 is 0. The number of hydrogen-bond donors (Lipinski definition) is 1. The molecule has 0 aromatic carbocycles. The van der Waals surface area contributed by atoms with E-state index < -0.39 is 8.38 Å². The van der Waals surface area contributed by atoms with Crippen LogP contribution in [0.3, 0.4) is 0 Å². The number of aliphatic hydroxyl groups is 1. The normalized spacial score (nSPS) is 35.3. The molecule has 1 aliphatic heterocycles. The summed E-state index contributed by atoms with van der Waals surface area (Å²) in [5.74, 6) is 0.316. The molecule has 0 spiro atoms. The minimum atomic E-state index is -0.648. The van der Waals surface area contributed by atoms with Gasteiger partial charge in [0.25, 0.3) is 0 Å². The van der Waals surface area contributed by atoms with Gasteiger partial charge in [-0.3, -0.25) is 0 Å². The molecule has 0 bridgehead atoms. The van der Waals surface area contributed by atoms with E-state index in [-0.39, 0.29) is 6.61 Å². The minimum absolute atomic E-state index is 0.224. The lowest BCUT2D eigenvalue weighted by Gasteiger charge is -2.02. The molecule has 2 unspecified atom stereocenters. The standard InChI is InChI=1S/C5H11O3P/c1-7-9-4-5(2-6)3-8-9/h5-6H,2-4H2,1H3. The zero-order valence-electron chi connectivity index (χ0n) is 5.41. The van der Waals surface area contributed by atoms with Gasteiger partial charge in [-0.15, -0.1) is 0 Å². The monoisotopic (exact) mass is 150 g/mol. The predicted octanol–water partition coefficient (Wildman–Crippen LogP) is 0.583. The van der Waals surface area contributed by atoms with Crippen molar-refractivity contribution < 1.29 is 14.2 Å². The summed E-state index contributed by atoms with van der Waals surface area (Å²) in [7, 11) is 0.996. The zero-order chi connectivity index (χ0) is 6.69. The van der Waals surface area contributed by atoms with Crippen LogP contribution in [-0.4, -0.2) is 31.6 Å². The molecule has 54 valence electrons. The van der Waals surface area contributed by atoms with Crippen LogP contribution in [0.2, 0.25) is 0 Å². The quantitative estimate of drug-likeness (QED) is 0.585. The molecule has 4 heteroatoms. The van der Waals surface area contributed by atoms with E-state index in [2.05, 4.69) is 0 Å². The highest BCUT2D eigenvalue weighted by molar-refractivity contribution is 7.47. The van der Waals surface area contributed by atoms with Crippen LogP contribution < -0.4 is 0 Å². The highest BCUT2D eigenvalue weighted by Gasteiger charge is 2.24. The molecule has 0 aromatic heterocycles. The molecule has 1 fully saturated rings. The van der Waals surface area contributed by atoms with E-state index in [4.69, 9.17) is 14.2 Å². The van der Waals surface area contributed by atoms with Gasteiger partial charge in [0.2, 0.25) is 0 Å². The van der Waals surface area contributed by atoms with Crippen molar-refractivity contribution in [3.05, 3.63) is 0 Å². The molecule has 0 aromatic rings. The fraction of sp³-hybridized carbons (Fsp3) is 1.00. The van der Waals surface area contributed by atoms with Gasteiger partial charge in [0.05, 0.1) is 6.61 Å². The van der Waals surface area contributed by atoms with Gasteiger partial charge in [0.1, 0.15) is 0 Å². The maximum atomic E-state index is 8.65. The third-order valence-corrected chi connectivity index (χ3v) is 2.98. The van der Waals surface area contributed by atoms with E-state index in [1.54, 1.807) is 7.11 Å². The molecule has 1 N–H and O–H groups in total. The van der Waals surface area contributed by atoms with E-state index in [0.717, 1.165) is 6.16 Å². The highest BCUT2D eigenvalue weighted by atomic mass is 31.2. The van der Waals surface area contributed by atoms with Crippen molar-refractivity contribution in [2.24, 2.45) is 5.92 Å². The van der Waals surface area contributed by atoms with Crippen molar-refractivity contribution in [3.8, 4) is 0 Å². The molecule has 3 nitrogen and oxygen atoms in total. The van der Waals surface area contributed by atoms with Crippen molar-refractivity contribution in [1.82, 2.24) is 0 Å². The Labute approximate surface area is 55.9 Å². The van der Waals surface area contributed by atoms with E-state index in [1.807, 2.05) is 0 Å². The Hall–Kier alpha value is 0.310. The Morgan fingerprint density at radius 2 is 2.67 bits per heavy atom. The molecule has 0 amide bonds. The Kier molecular flexibility index (Phi) is 2.86. The SMILES string of the molecule is COP1CC(CO)CO1. The van der Waals surface area contributed by atoms with Gasteiger partial charge in [0, 0.05) is 25.8 Å². The summed E-state index contributed by atoms with van der Waals surface area (Å²) in [6, 6.07) is 0. The Balaban J connectivity index is 2.20. The molecule has 1 rings (SSSR count). The fourth-order valence-corrected chi connectivity index (χ4v) is 2.12. The third kappa shape index (κ3) is 1.87. The number of aliphatic hydroxyl groups excluding tert-OH is 1. The summed E-state index contributed by atoms with van der Waals surface area (Å²) in [5, 5.41) is 8.65. The first kappa shape index (κ1) is 7.42. The van der Waals surface area contributed by atoms with Crippen LogP contribution in [0.5, 0.6) is 0 Å². The second-order valence-electron chi connectivity index (χ2n) is 2.04. The Morgan fingerprint density at radius 1 is 1.89 bits per heavy atom. The lowest BCUT2D eigenvalue weighted by Crippen LogP contribution is -2.07. The van der Waals surface area contributed by atoms with Crippen LogP contribution in [0, 0.1) is 5.92 Å². The lowest BCUT2D eigenvalue weighted by atomic mass is 10.2. The van der Waals surface area contributed by atoms with E-state index in [9.17, 15) is 0 Å². The topological polar surface area (TPSA) is 38.7 Å². The van der Waals surface area contributed by atoms with Crippen molar-refractivity contribution in [3.63, 3.8) is 0 Å². The largest absolute Gasteiger partial charge is 0.396 e. The van der Waals surface area contributed by atoms with Crippen LogP contribution in [0.1, 0.15) is 0 Å². The van der Waals surface area contributed by atoms with Crippen LogP contribution in [0.25, 0.3) is 0 Å². The molecule has 1 heterocycles. The molecule has 9 heavy (non-hydrogen) atoms. The smallest absolute Gasteiger partial charge is 0.170 e. The van der Waals surface area contributed by atoms with E-state index >= 15 is 0 Å². The maximum Gasteiger partial charge on any atom is 0.170 e. The summed E-state index contributed by atoms with van der Waals surface area (Å²) < 4.78 is 10.2. The summed E-state index contributed by atoms with van der Waals surface area (Å²) in [5.41, 5.74) is 0. The van der Waals surface area contributed by atoms with Crippen LogP contribution in [0.15, 0.2) is 0 Å². The average Bonchev–Trinajstić information content (AvgIpc) is 2.34. The molecule has 0 aliphatic carbocycles. The van der Waals surface area contributed by atoms with Gasteiger partial charge in [-0.05, 0) is 0 Å². The molecule has 0 radical (unpaired) electrons. The maximum absolute atomic E-state index is 8.65. The summed E-state index contributed by atoms with van der Waals surface area (Å²) in [6.45, 7) is 0.887. The van der Waals surface area contributed by atoms with Gasteiger partial charge in [-0.1, -0.05) is 0 Å². The van der Waals surface area contributed by atoms with Crippen LogP contribution in [-0.2, 0) is 9.05 Å². The lowest BCUT2D eigenvalue weighted by molar-refractivity contribution is 0.203. The first-order chi connectivity index (χ1) is 4.36. The van der Waals surface area contributed by atoms with Crippen molar-refractivity contribution in [1.29, 1.82) is 0 Å². The second-order valence-corrected chi connectivity index (χ2v) is 3.70. The molecular weight excluding hydrogens is 139 g/mol. The fourth-order valence-electron chi connectivity index (χ4n) is 0.742. The Bertz CT molecular complexity index is 78.3. The molecule has 2 atom stereocenters. The van der Waals surface area contributed by atoms with E-state index in [1.165, 1.54) is 0 Å². The third-order valence-electron chi connectivity index (χ3n) is 1.32. The molecular formula is C5H11O3P. The number of rotatable bonds is 2. The van der Waals surface area contributed by atoms with Gasteiger partial charge < -0.3 is 14.2 Å². The van der Waals surface area contributed by atoms with Crippen molar-refractivity contribution in [2.45, 2.75) is 0 Å². The van der Waals surface area contributed by atoms with Gasteiger partial charge in [0.15, 0.2) is 8.38 Å². The van der Waals surface area contributed by atoms with Crippen LogP contribution in [0.4, 0.5) is 0 Å². The first-order valence-corrected chi connectivity index (χ1v) is 4.28. The van der Waals surface area contributed by atoms with Gasteiger partial charge in [-0.25, -0.2) is 0 Å². The predicted molar refractivity (Wildman–Crippen MR) is 35.3 cm³/mol. The van der Waals surface area contributed by atoms with Gasteiger partial charge >= 0.3 is 0 Å². The molecule has 0 saturated carbocycles.